The average molecular weight is 273 g/mol. The quantitative estimate of drug-likeness (QED) is 0.853. The van der Waals surface area contributed by atoms with E-state index in [0.717, 1.165) is 23.4 Å². The van der Waals surface area contributed by atoms with Crippen LogP contribution in [0.15, 0.2) is 22.6 Å². The van der Waals surface area contributed by atoms with Crippen LogP contribution in [0.5, 0.6) is 0 Å². The van der Waals surface area contributed by atoms with E-state index in [-0.39, 0.29) is 11.9 Å². The zero-order chi connectivity index (χ0) is 14.1. The summed E-state index contributed by atoms with van der Waals surface area (Å²) >= 11 is 0. The first-order valence-corrected chi connectivity index (χ1v) is 7.67. The van der Waals surface area contributed by atoms with Crippen LogP contribution in [0.1, 0.15) is 44.1 Å². The Balaban J connectivity index is 1.52. The normalized spacial score (nSPS) is 30.0. The van der Waals surface area contributed by atoms with Gasteiger partial charge < -0.3 is 9.73 Å². The van der Waals surface area contributed by atoms with Gasteiger partial charge in [-0.25, -0.2) is 0 Å². The van der Waals surface area contributed by atoms with E-state index < -0.39 is 0 Å². The molecule has 3 heteroatoms. The number of carbonyl (C=O) groups is 1. The van der Waals surface area contributed by atoms with Gasteiger partial charge in [0.05, 0.1) is 0 Å². The number of fused-ring (bicyclic) bond motifs is 2. The molecule has 4 atom stereocenters. The van der Waals surface area contributed by atoms with Crippen molar-refractivity contribution in [3.63, 3.8) is 0 Å². The number of amides is 1. The molecule has 2 aliphatic rings. The molecule has 0 spiro atoms. The number of hydrogen-bond acceptors (Lipinski definition) is 2. The maximum absolute atomic E-state index is 12.0. The van der Waals surface area contributed by atoms with Gasteiger partial charge in [-0.15, -0.1) is 0 Å². The lowest BCUT2D eigenvalue weighted by atomic mass is 9.84. The highest BCUT2D eigenvalue weighted by Crippen LogP contribution is 2.49. The maximum Gasteiger partial charge on any atom is 0.244 e. The van der Waals surface area contributed by atoms with Crippen LogP contribution < -0.4 is 5.32 Å². The van der Waals surface area contributed by atoms with Crippen molar-refractivity contribution in [3.8, 4) is 0 Å². The van der Waals surface area contributed by atoms with Crippen LogP contribution in [-0.2, 0) is 4.79 Å². The fraction of sp³-hybridized carbons (Fsp3) is 0.588. The van der Waals surface area contributed by atoms with Gasteiger partial charge in [-0.2, -0.15) is 0 Å². The second-order valence-electron chi connectivity index (χ2n) is 6.42. The van der Waals surface area contributed by atoms with Crippen molar-refractivity contribution in [2.45, 2.75) is 45.6 Å². The first kappa shape index (κ1) is 13.5. The van der Waals surface area contributed by atoms with Crippen molar-refractivity contribution in [3.05, 3.63) is 29.7 Å². The molecular formula is C17H23NO2. The molecule has 3 rings (SSSR count). The monoisotopic (exact) mass is 273 g/mol. The van der Waals surface area contributed by atoms with Crippen molar-refractivity contribution in [1.29, 1.82) is 0 Å². The van der Waals surface area contributed by atoms with Gasteiger partial charge in [0.2, 0.25) is 5.91 Å². The van der Waals surface area contributed by atoms with Crippen LogP contribution in [0.3, 0.4) is 0 Å². The van der Waals surface area contributed by atoms with E-state index in [1.807, 2.05) is 19.1 Å². The van der Waals surface area contributed by atoms with E-state index in [1.54, 1.807) is 12.2 Å². The predicted molar refractivity (Wildman–Crippen MR) is 79.0 cm³/mol. The number of carbonyl (C=O) groups excluding carboxylic acids is 1. The molecule has 2 saturated carbocycles. The standard InChI is InChI=1S/C17H23NO2/c1-11-3-6-15(20-11)7-8-17(19)18-12(2)16-10-13-4-5-14(16)9-13/h3,6-8,12-14,16H,4-5,9-10H2,1-2H3,(H,18,19). The fourth-order valence-corrected chi connectivity index (χ4v) is 3.99. The van der Waals surface area contributed by atoms with Crippen molar-refractivity contribution in [2.24, 2.45) is 17.8 Å². The molecule has 0 aromatic carbocycles. The Bertz CT molecular complexity index is 517. The number of hydrogen-bond donors (Lipinski definition) is 1. The second-order valence-corrected chi connectivity index (χ2v) is 6.42. The molecule has 1 aromatic rings. The van der Waals surface area contributed by atoms with Crippen molar-refractivity contribution < 1.29 is 9.21 Å². The second kappa shape index (κ2) is 5.47. The van der Waals surface area contributed by atoms with Crippen molar-refractivity contribution >= 4 is 12.0 Å². The Hall–Kier alpha value is -1.51. The molecule has 20 heavy (non-hydrogen) atoms. The summed E-state index contributed by atoms with van der Waals surface area (Å²) in [6, 6.07) is 4.05. The maximum atomic E-state index is 12.0. The van der Waals surface area contributed by atoms with Crippen LogP contribution in [0.2, 0.25) is 0 Å². The molecule has 2 aliphatic carbocycles. The highest BCUT2D eigenvalue weighted by atomic mass is 16.3. The van der Waals surface area contributed by atoms with Crippen LogP contribution in [0.4, 0.5) is 0 Å². The van der Waals surface area contributed by atoms with E-state index in [2.05, 4.69) is 12.2 Å². The summed E-state index contributed by atoms with van der Waals surface area (Å²) in [7, 11) is 0. The van der Waals surface area contributed by atoms with Gasteiger partial charge >= 0.3 is 0 Å². The predicted octanol–water partition coefficient (Wildman–Crippen LogP) is 3.54. The first-order chi connectivity index (χ1) is 9.61. The third kappa shape index (κ3) is 2.82. The minimum absolute atomic E-state index is 0.0191. The largest absolute Gasteiger partial charge is 0.462 e. The van der Waals surface area contributed by atoms with Gasteiger partial charge in [-0.1, -0.05) is 6.42 Å². The lowest BCUT2D eigenvalue weighted by Gasteiger charge is -2.28. The highest BCUT2D eigenvalue weighted by molar-refractivity contribution is 5.91. The topological polar surface area (TPSA) is 42.2 Å². The molecule has 1 N–H and O–H groups in total. The molecular weight excluding hydrogens is 250 g/mol. The Kier molecular flexibility index (Phi) is 3.68. The summed E-state index contributed by atoms with van der Waals surface area (Å²) in [5.41, 5.74) is 0. The minimum atomic E-state index is -0.0191. The summed E-state index contributed by atoms with van der Waals surface area (Å²) in [6.45, 7) is 4.04. The number of aryl methyl sites for hydroxylation is 1. The van der Waals surface area contributed by atoms with Crippen LogP contribution in [0, 0.1) is 24.7 Å². The summed E-state index contributed by atoms with van der Waals surface area (Å²) in [5, 5.41) is 3.12. The average Bonchev–Trinajstić information content (AvgIpc) is 3.12. The van der Waals surface area contributed by atoms with E-state index in [4.69, 9.17) is 4.42 Å². The van der Waals surface area contributed by atoms with E-state index in [0.29, 0.717) is 5.92 Å². The third-order valence-electron chi connectivity index (χ3n) is 4.97. The zero-order valence-electron chi connectivity index (χ0n) is 12.3. The Labute approximate surface area is 120 Å². The number of rotatable bonds is 4. The van der Waals surface area contributed by atoms with E-state index in [1.165, 1.54) is 25.7 Å². The van der Waals surface area contributed by atoms with Gasteiger partial charge in [0.15, 0.2) is 0 Å². The number of furan rings is 1. The molecule has 0 saturated heterocycles. The number of nitrogens with one attached hydrogen (secondary N) is 1. The molecule has 2 bridgehead atoms. The van der Waals surface area contributed by atoms with Crippen LogP contribution in [0.25, 0.3) is 6.08 Å². The van der Waals surface area contributed by atoms with Crippen molar-refractivity contribution in [1.82, 2.24) is 5.32 Å². The Morgan fingerprint density at radius 3 is 2.85 bits per heavy atom. The van der Waals surface area contributed by atoms with Gasteiger partial charge in [-0.05, 0) is 69.1 Å². The van der Waals surface area contributed by atoms with Gasteiger partial charge in [0.1, 0.15) is 11.5 Å². The fourth-order valence-electron chi connectivity index (χ4n) is 3.99. The SMILES string of the molecule is Cc1ccc(C=CC(=O)NC(C)C2CC3CCC2C3)o1. The molecule has 1 amide bonds. The highest BCUT2D eigenvalue weighted by Gasteiger charge is 2.41. The van der Waals surface area contributed by atoms with Crippen LogP contribution >= 0.6 is 0 Å². The molecule has 4 unspecified atom stereocenters. The Morgan fingerprint density at radius 1 is 1.40 bits per heavy atom. The minimum Gasteiger partial charge on any atom is -0.462 e. The van der Waals surface area contributed by atoms with Gasteiger partial charge in [-0.3, -0.25) is 4.79 Å². The molecule has 1 heterocycles. The summed E-state index contributed by atoms with van der Waals surface area (Å²) in [4.78, 5) is 12.0. The summed E-state index contributed by atoms with van der Waals surface area (Å²) in [6.07, 6.45) is 8.74. The van der Waals surface area contributed by atoms with Gasteiger partial charge in [0, 0.05) is 12.1 Å². The zero-order valence-corrected chi connectivity index (χ0v) is 12.3. The van der Waals surface area contributed by atoms with Gasteiger partial charge in [0.25, 0.3) is 0 Å². The van der Waals surface area contributed by atoms with Crippen molar-refractivity contribution in [2.75, 3.05) is 0 Å². The molecule has 1 aromatic heterocycles. The van der Waals surface area contributed by atoms with E-state index in [9.17, 15) is 4.79 Å². The molecule has 3 nitrogen and oxygen atoms in total. The first-order valence-electron chi connectivity index (χ1n) is 7.67. The summed E-state index contributed by atoms with van der Waals surface area (Å²) in [5.74, 6) is 4.01. The molecule has 108 valence electrons. The van der Waals surface area contributed by atoms with E-state index >= 15 is 0 Å². The summed E-state index contributed by atoms with van der Waals surface area (Å²) < 4.78 is 5.41. The smallest absolute Gasteiger partial charge is 0.244 e. The molecule has 0 aliphatic heterocycles. The lowest BCUT2D eigenvalue weighted by Crippen LogP contribution is -2.39. The van der Waals surface area contributed by atoms with Crippen LogP contribution in [-0.4, -0.2) is 11.9 Å². The molecule has 2 fully saturated rings. The lowest BCUT2D eigenvalue weighted by molar-refractivity contribution is -0.117. The molecule has 0 radical (unpaired) electrons. The third-order valence-corrected chi connectivity index (χ3v) is 4.97. The Morgan fingerprint density at radius 2 is 2.25 bits per heavy atom.